The first kappa shape index (κ1) is 18.5. The standard InChI is InChI=1S/C20H23NO4/c1-25-20(24)14-17(13-16-7-10-18(22)11-8-16)21-19(23)12-9-15-5-3-2-4-6-15/h2-8,10-11,17,22H,9,12-14H2,1H3,(H,21,23). The summed E-state index contributed by atoms with van der Waals surface area (Å²) >= 11 is 0. The molecule has 5 heteroatoms. The first-order valence-electron chi connectivity index (χ1n) is 8.25. The number of hydrogen-bond donors (Lipinski definition) is 2. The van der Waals surface area contributed by atoms with Gasteiger partial charge in [-0.25, -0.2) is 0 Å². The van der Waals surface area contributed by atoms with Crippen molar-refractivity contribution in [2.24, 2.45) is 0 Å². The zero-order chi connectivity index (χ0) is 18.1. The molecule has 5 nitrogen and oxygen atoms in total. The van der Waals surface area contributed by atoms with Gasteiger partial charge in [0.2, 0.25) is 5.91 Å². The molecule has 0 heterocycles. The Labute approximate surface area is 147 Å². The number of aromatic hydroxyl groups is 1. The van der Waals surface area contributed by atoms with Crippen molar-refractivity contribution in [2.45, 2.75) is 31.7 Å². The monoisotopic (exact) mass is 341 g/mol. The van der Waals surface area contributed by atoms with Gasteiger partial charge in [-0.15, -0.1) is 0 Å². The van der Waals surface area contributed by atoms with E-state index in [1.165, 1.54) is 7.11 Å². The Balaban J connectivity index is 1.93. The third kappa shape index (κ3) is 6.67. The predicted octanol–water partition coefficient (Wildman–Crippen LogP) is 2.62. The van der Waals surface area contributed by atoms with Crippen molar-refractivity contribution in [3.63, 3.8) is 0 Å². The largest absolute Gasteiger partial charge is 0.508 e. The van der Waals surface area contributed by atoms with Gasteiger partial charge in [0, 0.05) is 12.5 Å². The summed E-state index contributed by atoms with van der Waals surface area (Å²) in [4.78, 5) is 23.9. The quantitative estimate of drug-likeness (QED) is 0.724. The maximum atomic E-state index is 12.2. The van der Waals surface area contributed by atoms with E-state index in [0.29, 0.717) is 19.3 Å². The van der Waals surface area contributed by atoms with Crippen LogP contribution < -0.4 is 5.32 Å². The molecule has 2 aromatic carbocycles. The highest BCUT2D eigenvalue weighted by Crippen LogP contribution is 2.13. The summed E-state index contributed by atoms with van der Waals surface area (Å²) in [5, 5.41) is 12.3. The van der Waals surface area contributed by atoms with Crippen LogP contribution in [0.25, 0.3) is 0 Å². The van der Waals surface area contributed by atoms with Crippen molar-refractivity contribution in [1.82, 2.24) is 5.32 Å². The molecular formula is C20H23NO4. The van der Waals surface area contributed by atoms with Crippen molar-refractivity contribution in [1.29, 1.82) is 0 Å². The minimum atomic E-state index is -0.368. The normalized spacial score (nSPS) is 11.6. The third-order valence-corrected chi connectivity index (χ3v) is 3.91. The van der Waals surface area contributed by atoms with E-state index in [2.05, 4.69) is 5.32 Å². The number of rotatable bonds is 8. The fraction of sp³-hybridized carbons (Fsp3) is 0.300. The van der Waals surface area contributed by atoms with Crippen LogP contribution in [0, 0.1) is 0 Å². The van der Waals surface area contributed by atoms with E-state index in [1.807, 2.05) is 30.3 Å². The van der Waals surface area contributed by atoms with Crippen molar-refractivity contribution in [3.8, 4) is 5.75 Å². The number of hydrogen-bond acceptors (Lipinski definition) is 4. The zero-order valence-corrected chi connectivity index (χ0v) is 14.3. The number of phenols is 1. The van der Waals surface area contributed by atoms with Gasteiger partial charge in [-0.1, -0.05) is 42.5 Å². The summed E-state index contributed by atoms with van der Waals surface area (Å²) in [7, 11) is 1.33. The number of amides is 1. The highest BCUT2D eigenvalue weighted by Gasteiger charge is 2.17. The Morgan fingerprint density at radius 3 is 2.36 bits per heavy atom. The number of carbonyl (C=O) groups is 2. The average molecular weight is 341 g/mol. The number of aryl methyl sites for hydroxylation is 1. The summed E-state index contributed by atoms with van der Waals surface area (Å²) in [5.74, 6) is -0.288. The minimum absolute atomic E-state index is 0.100. The van der Waals surface area contributed by atoms with Crippen LogP contribution in [0.3, 0.4) is 0 Å². The van der Waals surface area contributed by atoms with E-state index in [0.717, 1.165) is 11.1 Å². The summed E-state index contributed by atoms with van der Waals surface area (Å²) in [6.45, 7) is 0. The van der Waals surface area contributed by atoms with Crippen molar-refractivity contribution in [3.05, 3.63) is 65.7 Å². The van der Waals surface area contributed by atoms with E-state index in [-0.39, 0.29) is 30.1 Å². The van der Waals surface area contributed by atoms with Crippen LogP contribution in [0.1, 0.15) is 24.0 Å². The summed E-state index contributed by atoms with van der Waals surface area (Å²) in [5.41, 5.74) is 2.02. The maximum Gasteiger partial charge on any atom is 0.307 e. The molecule has 1 amide bonds. The molecule has 0 fully saturated rings. The van der Waals surface area contributed by atoms with Gasteiger partial charge in [-0.05, 0) is 36.1 Å². The molecule has 0 aromatic heterocycles. The second kappa shape index (κ2) is 9.47. The lowest BCUT2D eigenvalue weighted by atomic mass is 10.0. The van der Waals surface area contributed by atoms with E-state index < -0.39 is 0 Å². The van der Waals surface area contributed by atoms with E-state index >= 15 is 0 Å². The first-order valence-corrected chi connectivity index (χ1v) is 8.25. The first-order chi connectivity index (χ1) is 12.1. The lowest BCUT2D eigenvalue weighted by molar-refractivity contribution is -0.141. The number of benzene rings is 2. The Morgan fingerprint density at radius 1 is 1.04 bits per heavy atom. The molecule has 0 aliphatic heterocycles. The number of phenolic OH excluding ortho intramolecular Hbond substituents is 1. The maximum absolute atomic E-state index is 12.2. The Kier molecular flexibility index (Phi) is 7.01. The highest BCUT2D eigenvalue weighted by atomic mass is 16.5. The Hall–Kier alpha value is -2.82. The average Bonchev–Trinajstić information content (AvgIpc) is 2.62. The summed E-state index contributed by atoms with van der Waals surface area (Å²) in [6.07, 6.45) is 1.61. The van der Waals surface area contributed by atoms with Crippen LogP contribution in [0.4, 0.5) is 0 Å². The van der Waals surface area contributed by atoms with Gasteiger partial charge in [0.05, 0.1) is 13.5 Å². The van der Waals surface area contributed by atoms with E-state index in [9.17, 15) is 14.7 Å². The molecule has 0 bridgehead atoms. The molecule has 0 radical (unpaired) electrons. The number of esters is 1. The van der Waals surface area contributed by atoms with Crippen LogP contribution in [0.5, 0.6) is 5.75 Å². The lowest BCUT2D eigenvalue weighted by Crippen LogP contribution is -2.38. The van der Waals surface area contributed by atoms with Crippen molar-refractivity contribution < 1.29 is 19.4 Å². The van der Waals surface area contributed by atoms with Gasteiger partial charge >= 0.3 is 5.97 Å². The lowest BCUT2D eigenvalue weighted by Gasteiger charge is -2.18. The highest BCUT2D eigenvalue weighted by molar-refractivity contribution is 5.78. The SMILES string of the molecule is COC(=O)CC(Cc1ccc(O)cc1)NC(=O)CCc1ccccc1. The minimum Gasteiger partial charge on any atom is -0.508 e. The van der Waals surface area contributed by atoms with Crippen molar-refractivity contribution in [2.75, 3.05) is 7.11 Å². The second-order valence-electron chi connectivity index (χ2n) is 5.90. The smallest absolute Gasteiger partial charge is 0.307 e. The van der Waals surface area contributed by atoms with Gasteiger partial charge in [-0.3, -0.25) is 9.59 Å². The molecule has 0 aliphatic rings. The van der Waals surface area contributed by atoms with Crippen LogP contribution in [0.15, 0.2) is 54.6 Å². The molecule has 1 unspecified atom stereocenters. The molecular weight excluding hydrogens is 318 g/mol. The molecule has 0 aliphatic carbocycles. The molecule has 2 N–H and O–H groups in total. The van der Waals surface area contributed by atoms with E-state index in [1.54, 1.807) is 24.3 Å². The number of nitrogens with one attached hydrogen (secondary N) is 1. The van der Waals surface area contributed by atoms with E-state index in [4.69, 9.17) is 4.74 Å². The fourth-order valence-corrected chi connectivity index (χ4v) is 2.58. The fourth-order valence-electron chi connectivity index (χ4n) is 2.58. The number of ether oxygens (including phenoxy) is 1. The number of carbonyl (C=O) groups excluding carboxylic acids is 2. The van der Waals surface area contributed by atoms with Gasteiger partial charge < -0.3 is 15.2 Å². The molecule has 25 heavy (non-hydrogen) atoms. The van der Waals surface area contributed by atoms with Gasteiger partial charge in [0.1, 0.15) is 5.75 Å². The van der Waals surface area contributed by atoms with Gasteiger partial charge in [0.25, 0.3) is 0 Å². The summed E-state index contributed by atoms with van der Waals surface area (Å²) < 4.78 is 4.72. The van der Waals surface area contributed by atoms with Gasteiger partial charge in [-0.2, -0.15) is 0 Å². The number of methoxy groups -OCH3 is 1. The molecule has 2 aromatic rings. The van der Waals surface area contributed by atoms with Crippen LogP contribution in [-0.2, 0) is 27.2 Å². The molecule has 0 saturated carbocycles. The topological polar surface area (TPSA) is 75.6 Å². The third-order valence-electron chi connectivity index (χ3n) is 3.91. The zero-order valence-electron chi connectivity index (χ0n) is 14.3. The predicted molar refractivity (Wildman–Crippen MR) is 95.1 cm³/mol. The van der Waals surface area contributed by atoms with Crippen molar-refractivity contribution >= 4 is 11.9 Å². The Morgan fingerprint density at radius 2 is 1.72 bits per heavy atom. The molecule has 132 valence electrons. The summed E-state index contributed by atoms with van der Waals surface area (Å²) in [6, 6.07) is 16.2. The Bertz CT molecular complexity index is 683. The van der Waals surface area contributed by atoms with Crippen LogP contribution >= 0.6 is 0 Å². The molecule has 2 rings (SSSR count). The molecule has 1 atom stereocenters. The van der Waals surface area contributed by atoms with Crippen LogP contribution in [-0.4, -0.2) is 30.1 Å². The van der Waals surface area contributed by atoms with Gasteiger partial charge in [0.15, 0.2) is 0 Å². The second-order valence-corrected chi connectivity index (χ2v) is 5.90. The van der Waals surface area contributed by atoms with Crippen LogP contribution in [0.2, 0.25) is 0 Å². The molecule has 0 spiro atoms. The molecule has 0 saturated heterocycles.